The second kappa shape index (κ2) is 7.02. The van der Waals surface area contributed by atoms with Crippen molar-refractivity contribution in [1.82, 2.24) is 26.1 Å². The molecule has 0 radical (unpaired) electrons. The zero-order valence-electron chi connectivity index (χ0n) is 11.1. The molecule has 0 aliphatic carbocycles. The quantitative estimate of drug-likeness (QED) is 0.520. The number of urea groups is 1. The first-order valence-corrected chi connectivity index (χ1v) is 5.84. The van der Waals surface area contributed by atoms with Gasteiger partial charge < -0.3 is 11.1 Å². The second-order valence-corrected chi connectivity index (χ2v) is 4.26. The average molecular weight is 280 g/mol. The van der Waals surface area contributed by atoms with Crippen LogP contribution in [-0.2, 0) is 4.79 Å². The third kappa shape index (κ3) is 4.52. The van der Waals surface area contributed by atoms with Crippen LogP contribution in [0.25, 0.3) is 0 Å². The maximum atomic E-state index is 11.8. The highest BCUT2D eigenvalue weighted by Gasteiger charge is 2.23. The summed E-state index contributed by atoms with van der Waals surface area (Å²) in [6.07, 6.45) is 4.02. The number of primary amides is 1. The fourth-order valence-corrected chi connectivity index (χ4v) is 1.36. The smallest absolute Gasteiger partial charge is 0.312 e. The van der Waals surface area contributed by atoms with Gasteiger partial charge in [0, 0.05) is 12.4 Å². The van der Waals surface area contributed by atoms with Crippen LogP contribution in [0, 0.1) is 5.92 Å². The number of hydrogen-bond donors (Lipinski definition) is 4. The molecule has 9 nitrogen and oxygen atoms in total. The van der Waals surface area contributed by atoms with E-state index in [2.05, 4.69) is 26.1 Å². The summed E-state index contributed by atoms with van der Waals surface area (Å²) in [5.41, 5.74) is 9.40. The molecule has 0 saturated heterocycles. The first kappa shape index (κ1) is 15.3. The van der Waals surface area contributed by atoms with Crippen LogP contribution in [0.2, 0.25) is 0 Å². The molecule has 0 saturated carbocycles. The highest BCUT2D eigenvalue weighted by Crippen LogP contribution is 2.01. The van der Waals surface area contributed by atoms with Gasteiger partial charge in [0.05, 0.1) is 6.20 Å². The molecule has 1 atom stereocenters. The van der Waals surface area contributed by atoms with Crippen LogP contribution >= 0.6 is 0 Å². The van der Waals surface area contributed by atoms with E-state index in [0.717, 1.165) is 0 Å². The SMILES string of the molecule is CC(C)C(NC(N)=O)C(=O)NNC(=O)c1cnccn1. The van der Waals surface area contributed by atoms with E-state index in [-0.39, 0.29) is 11.6 Å². The molecule has 4 amide bonds. The minimum atomic E-state index is -0.852. The number of rotatable bonds is 4. The molecule has 9 heteroatoms. The summed E-state index contributed by atoms with van der Waals surface area (Å²) in [5.74, 6) is -1.40. The lowest BCUT2D eigenvalue weighted by Gasteiger charge is -2.20. The maximum Gasteiger partial charge on any atom is 0.312 e. The van der Waals surface area contributed by atoms with Gasteiger partial charge in [-0.3, -0.25) is 25.4 Å². The van der Waals surface area contributed by atoms with E-state index in [1.54, 1.807) is 13.8 Å². The van der Waals surface area contributed by atoms with Crippen molar-refractivity contribution in [2.24, 2.45) is 11.7 Å². The van der Waals surface area contributed by atoms with Crippen LogP contribution in [-0.4, -0.2) is 33.9 Å². The Morgan fingerprint density at radius 3 is 2.40 bits per heavy atom. The Hall–Kier alpha value is -2.71. The largest absolute Gasteiger partial charge is 0.352 e. The molecule has 1 rings (SSSR count). The summed E-state index contributed by atoms with van der Waals surface area (Å²) in [6.45, 7) is 3.45. The lowest BCUT2D eigenvalue weighted by molar-refractivity contribution is -0.124. The number of carbonyl (C=O) groups excluding carboxylic acids is 3. The van der Waals surface area contributed by atoms with Crippen LogP contribution in [0.15, 0.2) is 18.6 Å². The standard InChI is InChI=1S/C11H16N6O3/c1-6(2)8(15-11(12)20)10(19)17-16-9(18)7-5-13-3-4-14-7/h3-6,8H,1-2H3,(H,16,18)(H,17,19)(H3,12,15,20). The van der Waals surface area contributed by atoms with Crippen molar-refractivity contribution in [2.75, 3.05) is 0 Å². The number of hydrazine groups is 1. The third-order valence-corrected chi connectivity index (χ3v) is 2.34. The van der Waals surface area contributed by atoms with E-state index < -0.39 is 23.9 Å². The van der Waals surface area contributed by atoms with Gasteiger partial charge in [0.2, 0.25) is 0 Å². The molecular formula is C11H16N6O3. The van der Waals surface area contributed by atoms with Crippen molar-refractivity contribution >= 4 is 17.8 Å². The molecular weight excluding hydrogens is 264 g/mol. The lowest BCUT2D eigenvalue weighted by atomic mass is 10.0. The van der Waals surface area contributed by atoms with Crippen LogP contribution in [0.4, 0.5) is 4.79 Å². The predicted molar refractivity (Wildman–Crippen MR) is 69.0 cm³/mol. The molecule has 0 aliphatic heterocycles. The number of carbonyl (C=O) groups is 3. The molecule has 20 heavy (non-hydrogen) atoms. The Morgan fingerprint density at radius 2 is 1.90 bits per heavy atom. The maximum absolute atomic E-state index is 11.8. The molecule has 5 N–H and O–H groups in total. The monoisotopic (exact) mass is 280 g/mol. The second-order valence-electron chi connectivity index (χ2n) is 4.26. The van der Waals surface area contributed by atoms with Gasteiger partial charge in [-0.25, -0.2) is 9.78 Å². The van der Waals surface area contributed by atoms with Crippen LogP contribution in [0.3, 0.4) is 0 Å². The van der Waals surface area contributed by atoms with E-state index >= 15 is 0 Å². The molecule has 0 bridgehead atoms. The molecule has 0 fully saturated rings. The normalized spacial score (nSPS) is 11.6. The zero-order valence-corrected chi connectivity index (χ0v) is 11.1. The molecule has 1 unspecified atom stereocenters. The van der Waals surface area contributed by atoms with E-state index in [0.29, 0.717) is 0 Å². The molecule has 0 aromatic carbocycles. The minimum absolute atomic E-state index is 0.0526. The zero-order chi connectivity index (χ0) is 15.1. The summed E-state index contributed by atoms with van der Waals surface area (Å²) in [5, 5.41) is 2.29. The molecule has 1 heterocycles. The number of aromatic nitrogens is 2. The van der Waals surface area contributed by atoms with Gasteiger partial charge in [-0.05, 0) is 5.92 Å². The molecule has 1 aromatic rings. The number of nitrogens with two attached hydrogens (primary N) is 1. The fourth-order valence-electron chi connectivity index (χ4n) is 1.36. The summed E-state index contributed by atoms with van der Waals surface area (Å²) in [4.78, 5) is 41.7. The van der Waals surface area contributed by atoms with Gasteiger partial charge in [-0.2, -0.15) is 0 Å². The van der Waals surface area contributed by atoms with E-state index in [4.69, 9.17) is 5.73 Å². The van der Waals surface area contributed by atoms with Crippen LogP contribution in [0.1, 0.15) is 24.3 Å². The van der Waals surface area contributed by atoms with Gasteiger partial charge in [0.25, 0.3) is 11.8 Å². The van der Waals surface area contributed by atoms with Crippen molar-refractivity contribution in [3.8, 4) is 0 Å². The van der Waals surface area contributed by atoms with Crippen molar-refractivity contribution in [3.05, 3.63) is 24.3 Å². The van der Waals surface area contributed by atoms with Gasteiger partial charge in [0.1, 0.15) is 11.7 Å². The van der Waals surface area contributed by atoms with Crippen molar-refractivity contribution in [2.45, 2.75) is 19.9 Å². The van der Waals surface area contributed by atoms with Gasteiger partial charge >= 0.3 is 6.03 Å². The Balaban J connectivity index is 2.57. The minimum Gasteiger partial charge on any atom is -0.352 e. The lowest BCUT2D eigenvalue weighted by Crippen LogP contribution is -2.55. The topological polar surface area (TPSA) is 139 Å². The van der Waals surface area contributed by atoms with Crippen molar-refractivity contribution in [1.29, 1.82) is 0 Å². The Morgan fingerprint density at radius 1 is 1.20 bits per heavy atom. The summed E-state index contributed by atoms with van der Waals surface area (Å²) >= 11 is 0. The van der Waals surface area contributed by atoms with Gasteiger partial charge in [0.15, 0.2) is 0 Å². The first-order chi connectivity index (χ1) is 9.41. The van der Waals surface area contributed by atoms with Gasteiger partial charge in [-0.15, -0.1) is 0 Å². The predicted octanol–water partition coefficient (Wildman–Crippen LogP) is -1.07. The molecule has 1 aromatic heterocycles. The van der Waals surface area contributed by atoms with E-state index in [9.17, 15) is 14.4 Å². The molecule has 0 aliphatic rings. The summed E-state index contributed by atoms with van der Waals surface area (Å²) in [6, 6.07) is -1.67. The fraction of sp³-hybridized carbons (Fsp3) is 0.364. The highest BCUT2D eigenvalue weighted by atomic mass is 16.2. The molecule has 108 valence electrons. The Labute approximate surface area is 115 Å². The Bertz CT molecular complexity index is 490. The third-order valence-electron chi connectivity index (χ3n) is 2.34. The average Bonchev–Trinajstić information content (AvgIpc) is 2.42. The number of nitrogens with zero attached hydrogens (tertiary/aromatic N) is 2. The number of nitrogens with one attached hydrogen (secondary N) is 3. The van der Waals surface area contributed by atoms with E-state index in [1.807, 2.05) is 0 Å². The Kier molecular flexibility index (Phi) is 5.39. The van der Waals surface area contributed by atoms with Crippen LogP contribution < -0.4 is 21.9 Å². The first-order valence-electron chi connectivity index (χ1n) is 5.84. The highest BCUT2D eigenvalue weighted by molar-refractivity contribution is 5.94. The molecule has 0 spiro atoms. The van der Waals surface area contributed by atoms with Crippen molar-refractivity contribution < 1.29 is 14.4 Å². The van der Waals surface area contributed by atoms with Crippen molar-refractivity contribution in [3.63, 3.8) is 0 Å². The summed E-state index contributed by atoms with van der Waals surface area (Å²) < 4.78 is 0. The van der Waals surface area contributed by atoms with Gasteiger partial charge in [-0.1, -0.05) is 13.8 Å². The van der Waals surface area contributed by atoms with Crippen LogP contribution in [0.5, 0.6) is 0 Å². The van der Waals surface area contributed by atoms with E-state index in [1.165, 1.54) is 18.6 Å². The summed E-state index contributed by atoms with van der Waals surface area (Å²) in [7, 11) is 0. The number of amides is 4. The number of hydrogen-bond acceptors (Lipinski definition) is 5.